The van der Waals surface area contributed by atoms with Crippen molar-refractivity contribution in [3.05, 3.63) is 40.6 Å². The Morgan fingerprint density at radius 1 is 1.31 bits per heavy atom. The van der Waals surface area contributed by atoms with Crippen molar-refractivity contribution in [3.63, 3.8) is 0 Å². The fraction of sp³-hybridized carbons (Fsp3) is 0.312. The van der Waals surface area contributed by atoms with Gasteiger partial charge in [0, 0.05) is 16.5 Å². The fourth-order valence-electron chi connectivity index (χ4n) is 1.98. The zero-order valence-electron chi connectivity index (χ0n) is 14.1. The van der Waals surface area contributed by atoms with Crippen LogP contribution in [0.5, 0.6) is 0 Å². The predicted octanol–water partition coefficient (Wildman–Crippen LogP) is 2.87. The zero-order valence-corrected chi connectivity index (χ0v) is 15.7. The third kappa shape index (κ3) is 5.00. The topological polar surface area (TPSA) is 92.5 Å². The SMILES string of the molecule is CC(=O)C(C)(C)c1cc(N(N)/C(=C\C(=O)NC=O)C(F)(F)Cl)ccc1Cl. The first-order valence-corrected chi connectivity index (χ1v) is 7.97. The lowest BCUT2D eigenvalue weighted by Crippen LogP contribution is -2.38. The van der Waals surface area contributed by atoms with Crippen LogP contribution < -0.4 is 16.2 Å². The molecule has 26 heavy (non-hydrogen) atoms. The fourth-order valence-corrected chi connectivity index (χ4v) is 2.48. The first kappa shape index (κ1) is 22.0. The van der Waals surface area contributed by atoms with E-state index in [1.807, 2.05) is 0 Å². The lowest BCUT2D eigenvalue weighted by atomic mass is 9.81. The Morgan fingerprint density at radius 2 is 1.88 bits per heavy atom. The van der Waals surface area contributed by atoms with Crippen LogP contribution in [0.1, 0.15) is 26.3 Å². The van der Waals surface area contributed by atoms with Crippen LogP contribution in [-0.4, -0.2) is 23.5 Å². The molecule has 142 valence electrons. The van der Waals surface area contributed by atoms with E-state index in [4.69, 9.17) is 29.0 Å². The molecule has 0 spiro atoms. The van der Waals surface area contributed by atoms with Crippen molar-refractivity contribution in [3.8, 4) is 0 Å². The monoisotopic (exact) mass is 407 g/mol. The highest BCUT2D eigenvalue weighted by atomic mass is 35.5. The second-order valence-electron chi connectivity index (χ2n) is 5.87. The summed E-state index contributed by atoms with van der Waals surface area (Å²) in [4.78, 5) is 33.6. The van der Waals surface area contributed by atoms with Crippen LogP contribution in [0.4, 0.5) is 14.5 Å². The number of nitrogens with zero attached hydrogens (tertiary/aromatic N) is 1. The van der Waals surface area contributed by atoms with Crippen molar-refractivity contribution >= 4 is 47.0 Å². The number of benzene rings is 1. The molecule has 0 aliphatic rings. The lowest BCUT2D eigenvalue weighted by molar-refractivity contribution is -0.122. The molecule has 0 fully saturated rings. The van der Waals surface area contributed by atoms with E-state index in [-0.39, 0.29) is 22.9 Å². The first-order valence-electron chi connectivity index (χ1n) is 7.21. The molecule has 0 aromatic heterocycles. The van der Waals surface area contributed by atoms with Gasteiger partial charge in [0.05, 0.1) is 5.69 Å². The number of hydrogen-bond acceptors (Lipinski definition) is 5. The second kappa shape index (κ2) is 8.11. The molecule has 0 aliphatic carbocycles. The van der Waals surface area contributed by atoms with E-state index >= 15 is 0 Å². The van der Waals surface area contributed by atoms with Gasteiger partial charge in [0.2, 0.25) is 6.41 Å². The minimum absolute atomic E-state index is 0.00389. The van der Waals surface area contributed by atoms with Gasteiger partial charge in [-0.15, -0.1) is 0 Å². The van der Waals surface area contributed by atoms with E-state index in [0.29, 0.717) is 16.6 Å². The molecule has 0 aliphatic heterocycles. The number of imide groups is 1. The smallest absolute Gasteiger partial charge is 0.299 e. The van der Waals surface area contributed by atoms with Gasteiger partial charge in [-0.25, -0.2) is 5.84 Å². The number of Topliss-reactive ketones (excluding diaryl/α,β-unsaturated/α-hetero) is 1. The summed E-state index contributed by atoms with van der Waals surface area (Å²) in [6.45, 7) is 4.60. The van der Waals surface area contributed by atoms with Crippen LogP contribution in [0, 0.1) is 0 Å². The van der Waals surface area contributed by atoms with Gasteiger partial charge in [0.1, 0.15) is 11.5 Å². The molecule has 6 nitrogen and oxygen atoms in total. The number of ketones is 1. The molecule has 0 heterocycles. The Bertz CT molecular complexity index is 762. The second-order valence-corrected chi connectivity index (χ2v) is 6.75. The minimum atomic E-state index is -4.01. The Kier molecular flexibility index (Phi) is 6.87. The van der Waals surface area contributed by atoms with Crippen LogP contribution >= 0.6 is 23.2 Å². The average molecular weight is 408 g/mol. The molecule has 2 amide bonds. The van der Waals surface area contributed by atoms with Gasteiger partial charge in [-0.1, -0.05) is 11.6 Å². The number of anilines is 1. The standard InChI is InChI=1S/C16H17Cl2F2N3O3/c1-9(25)15(2,3)11-6-10(4-5-12(11)17)23(21)13(16(18,19)20)7-14(26)22-8-24/h4-8H,21H2,1-3H3,(H,22,24,26)/b13-7-. The molecule has 1 aromatic carbocycles. The molecule has 1 rings (SSSR count). The van der Waals surface area contributed by atoms with E-state index < -0.39 is 22.4 Å². The van der Waals surface area contributed by atoms with Crippen LogP contribution in [0.15, 0.2) is 30.0 Å². The Morgan fingerprint density at radius 3 is 2.35 bits per heavy atom. The van der Waals surface area contributed by atoms with Crippen molar-refractivity contribution in [1.82, 2.24) is 5.32 Å². The summed E-state index contributed by atoms with van der Waals surface area (Å²) in [5.74, 6) is 4.37. The lowest BCUT2D eigenvalue weighted by Gasteiger charge is -2.28. The third-order valence-electron chi connectivity index (χ3n) is 3.80. The summed E-state index contributed by atoms with van der Waals surface area (Å²) in [6.07, 6.45) is 0.422. The summed E-state index contributed by atoms with van der Waals surface area (Å²) in [7, 11) is 0. The quantitative estimate of drug-likeness (QED) is 0.238. The summed E-state index contributed by atoms with van der Waals surface area (Å²) in [6, 6.07) is 4.04. The zero-order chi connectivity index (χ0) is 20.3. The van der Waals surface area contributed by atoms with Crippen molar-refractivity contribution in [2.75, 3.05) is 5.01 Å². The van der Waals surface area contributed by atoms with Gasteiger partial charge in [0.15, 0.2) is 0 Å². The van der Waals surface area contributed by atoms with Crippen molar-refractivity contribution in [1.29, 1.82) is 0 Å². The van der Waals surface area contributed by atoms with Crippen LogP contribution in [0.2, 0.25) is 5.02 Å². The Balaban J connectivity index is 3.46. The minimum Gasteiger partial charge on any atom is -0.299 e. The molecule has 0 saturated heterocycles. The maximum atomic E-state index is 13.7. The summed E-state index contributed by atoms with van der Waals surface area (Å²) >= 11 is 11.1. The molecule has 0 unspecified atom stereocenters. The molecule has 3 N–H and O–H groups in total. The van der Waals surface area contributed by atoms with Gasteiger partial charge in [-0.3, -0.25) is 24.7 Å². The molecule has 0 bridgehead atoms. The maximum Gasteiger partial charge on any atom is 0.364 e. The molecule has 0 saturated carbocycles. The van der Waals surface area contributed by atoms with Crippen molar-refractivity contribution in [2.24, 2.45) is 5.84 Å². The number of rotatable bonds is 7. The van der Waals surface area contributed by atoms with E-state index in [2.05, 4.69) is 0 Å². The van der Waals surface area contributed by atoms with Crippen molar-refractivity contribution in [2.45, 2.75) is 31.6 Å². The maximum absolute atomic E-state index is 13.7. The van der Waals surface area contributed by atoms with E-state index in [1.54, 1.807) is 19.2 Å². The molecule has 1 aromatic rings. The normalized spacial score (nSPS) is 12.5. The van der Waals surface area contributed by atoms with Crippen LogP contribution in [0.25, 0.3) is 0 Å². The number of nitrogens with one attached hydrogen (secondary N) is 1. The summed E-state index contributed by atoms with van der Waals surface area (Å²) in [5, 5.41) is -1.61. The number of hydrazine groups is 1. The number of amides is 2. The van der Waals surface area contributed by atoms with Gasteiger partial charge in [0.25, 0.3) is 5.91 Å². The van der Waals surface area contributed by atoms with Gasteiger partial charge in [-0.2, -0.15) is 8.78 Å². The largest absolute Gasteiger partial charge is 0.364 e. The van der Waals surface area contributed by atoms with Gasteiger partial charge >= 0.3 is 5.38 Å². The molecular formula is C16H17Cl2F2N3O3. The number of halogens is 4. The van der Waals surface area contributed by atoms with Crippen LogP contribution in [0.3, 0.4) is 0 Å². The molecule has 10 heteroatoms. The Labute approximate surface area is 158 Å². The predicted molar refractivity (Wildman–Crippen MR) is 94.9 cm³/mol. The van der Waals surface area contributed by atoms with E-state index in [9.17, 15) is 23.2 Å². The number of carbonyl (C=O) groups is 3. The number of alkyl halides is 3. The summed E-state index contributed by atoms with van der Waals surface area (Å²) in [5.41, 5.74) is -1.72. The highest BCUT2D eigenvalue weighted by Gasteiger charge is 2.36. The average Bonchev–Trinajstić information content (AvgIpc) is 2.51. The Hall–Kier alpha value is -2.03. The molecular weight excluding hydrogens is 391 g/mol. The third-order valence-corrected chi connectivity index (χ3v) is 4.32. The van der Waals surface area contributed by atoms with Gasteiger partial charge < -0.3 is 0 Å². The highest BCUT2D eigenvalue weighted by Crippen LogP contribution is 2.37. The molecule has 0 radical (unpaired) electrons. The van der Waals surface area contributed by atoms with Gasteiger partial charge in [-0.05, 0) is 56.1 Å². The van der Waals surface area contributed by atoms with Crippen molar-refractivity contribution < 1.29 is 23.2 Å². The number of nitrogens with two attached hydrogens (primary N) is 1. The molecule has 0 atom stereocenters. The summed E-state index contributed by atoms with van der Waals surface area (Å²) < 4.78 is 27.4. The number of hydrogen-bond donors (Lipinski definition) is 2. The first-order chi connectivity index (χ1) is 11.8. The highest BCUT2D eigenvalue weighted by molar-refractivity contribution is 6.32. The van der Waals surface area contributed by atoms with E-state index in [0.717, 1.165) is 0 Å². The van der Waals surface area contributed by atoms with Crippen LogP contribution in [-0.2, 0) is 19.8 Å². The number of allylic oxidation sites excluding steroid dienone is 1. The number of carbonyl (C=O) groups excluding carboxylic acids is 3. The van der Waals surface area contributed by atoms with E-state index in [1.165, 1.54) is 25.1 Å².